The topological polar surface area (TPSA) is 26.8 Å². The van der Waals surface area contributed by atoms with Crippen LogP contribution in [0.15, 0.2) is 42.5 Å². The van der Waals surface area contributed by atoms with Gasteiger partial charge in [-0.05, 0) is 68.1 Å². The average molecular weight is 410 g/mol. The van der Waals surface area contributed by atoms with Gasteiger partial charge in [0.2, 0.25) is 5.91 Å². The third-order valence-corrected chi connectivity index (χ3v) is 6.68. The van der Waals surface area contributed by atoms with Crippen LogP contribution in [-0.4, -0.2) is 55.0 Å². The molecule has 5 heteroatoms. The van der Waals surface area contributed by atoms with E-state index in [1.54, 1.807) is 0 Å². The SMILES string of the molecule is Cc1cccc(N2CCN(C(=O)C3CCCN(Cc4ccc(F)cc4)C3)CC2)c1C. The zero-order chi connectivity index (χ0) is 21.1. The summed E-state index contributed by atoms with van der Waals surface area (Å²) in [6.45, 7) is 10.3. The summed E-state index contributed by atoms with van der Waals surface area (Å²) in [4.78, 5) is 20.0. The summed E-state index contributed by atoms with van der Waals surface area (Å²) in [5.41, 5.74) is 5.05. The number of carbonyl (C=O) groups excluding carboxylic acids is 1. The highest BCUT2D eigenvalue weighted by Crippen LogP contribution is 2.25. The van der Waals surface area contributed by atoms with Crippen molar-refractivity contribution in [2.45, 2.75) is 33.2 Å². The number of carbonyl (C=O) groups is 1. The number of likely N-dealkylation sites (tertiary alicyclic amines) is 1. The zero-order valence-electron chi connectivity index (χ0n) is 18.1. The Morgan fingerprint density at radius 1 is 1.00 bits per heavy atom. The number of hydrogen-bond donors (Lipinski definition) is 0. The molecular weight excluding hydrogens is 377 g/mol. The van der Waals surface area contributed by atoms with E-state index in [2.05, 4.69) is 46.7 Å². The van der Waals surface area contributed by atoms with Crippen LogP contribution < -0.4 is 4.90 Å². The Kier molecular flexibility index (Phi) is 6.38. The first-order valence-electron chi connectivity index (χ1n) is 11.1. The van der Waals surface area contributed by atoms with Gasteiger partial charge in [0.25, 0.3) is 0 Å². The Morgan fingerprint density at radius 3 is 2.47 bits per heavy atom. The van der Waals surface area contributed by atoms with Gasteiger partial charge in [-0.3, -0.25) is 9.69 Å². The lowest BCUT2D eigenvalue weighted by molar-refractivity contribution is -0.137. The monoisotopic (exact) mass is 409 g/mol. The first kappa shape index (κ1) is 20.9. The summed E-state index contributed by atoms with van der Waals surface area (Å²) in [7, 11) is 0. The zero-order valence-corrected chi connectivity index (χ0v) is 18.1. The fourth-order valence-electron chi connectivity index (χ4n) is 4.75. The van der Waals surface area contributed by atoms with Crippen molar-refractivity contribution < 1.29 is 9.18 Å². The number of amides is 1. The van der Waals surface area contributed by atoms with Crippen molar-refractivity contribution in [3.8, 4) is 0 Å². The molecule has 0 spiro atoms. The molecule has 2 aromatic carbocycles. The molecule has 30 heavy (non-hydrogen) atoms. The third kappa shape index (κ3) is 4.67. The molecule has 1 unspecified atom stereocenters. The van der Waals surface area contributed by atoms with Crippen LogP contribution in [0.25, 0.3) is 0 Å². The Labute approximate surface area is 179 Å². The van der Waals surface area contributed by atoms with Gasteiger partial charge in [-0.15, -0.1) is 0 Å². The van der Waals surface area contributed by atoms with E-state index in [1.165, 1.54) is 28.9 Å². The fourth-order valence-corrected chi connectivity index (χ4v) is 4.75. The van der Waals surface area contributed by atoms with E-state index in [-0.39, 0.29) is 11.7 Å². The number of benzene rings is 2. The minimum absolute atomic E-state index is 0.0754. The molecule has 1 atom stereocenters. The molecule has 0 bridgehead atoms. The van der Waals surface area contributed by atoms with Gasteiger partial charge in [-0.25, -0.2) is 4.39 Å². The number of piperazine rings is 1. The predicted octanol–water partition coefficient (Wildman–Crippen LogP) is 4.00. The van der Waals surface area contributed by atoms with Gasteiger partial charge in [0.15, 0.2) is 0 Å². The number of piperidine rings is 1. The second-order valence-corrected chi connectivity index (χ2v) is 8.73. The van der Waals surface area contributed by atoms with Crippen LogP contribution in [0.5, 0.6) is 0 Å². The van der Waals surface area contributed by atoms with Crippen LogP contribution in [0.2, 0.25) is 0 Å². The van der Waals surface area contributed by atoms with Gasteiger partial charge in [0.05, 0.1) is 5.92 Å². The van der Waals surface area contributed by atoms with Gasteiger partial charge >= 0.3 is 0 Å². The molecule has 0 aliphatic carbocycles. The van der Waals surface area contributed by atoms with Crippen LogP contribution in [0.1, 0.15) is 29.5 Å². The van der Waals surface area contributed by atoms with Crippen molar-refractivity contribution in [3.05, 3.63) is 65.0 Å². The number of anilines is 1. The Hall–Kier alpha value is -2.40. The van der Waals surface area contributed by atoms with E-state index in [1.807, 2.05) is 12.1 Å². The van der Waals surface area contributed by atoms with Crippen molar-refractivity contribution in [2.24, 2.45) is 5.92 Å². The Morgan fingerprint density at radius 2 is 1.73 bits per heavy atom. The Bertz CT molecular complexity index is 874. The number of halogens is 1. The molecule has 0 saturated carbocycles. The summed E-state index contributed by atoms with van der Waals surface area (Å²) in [5.74, 6) is 0.177. The highest BCUT2D eigenvalue weighted by atomic mass is 19.1. The lowest BCUT2D eigenvalue weighted by Crippen LogP contribution is -2.52. The molecule has 2 aromatic rings. The lowest BCUT2D eigenvalue weighted by Gasteiger charge is -2.40. The summed E-state index contributed by atoms with van der Waals surface area (Å²) in [6, 6.07) is 13.2. The van der Waals surface area contributed by atoms with E-state index in [9.17, 15) is 9.18 Å². The molecule has 160 valence electrons. The van der Waals surface area contributed by atoms with Crippen molar-refractivity contribution in [2.75, 3.05) is 44.2 Å². The first-order valence-corrected chi connectivity index (χ1v) is 11.1. The molecule has 2 aliphatic rings. The summed E-state index contributed by atoms with van der Waals surface area (Å²) >= 11 is 0. The molecule has 2 saturated heterocycles. The molecule has 4 rings (SSSR count). The lowest BCUT2D eigenvalue weighted by atomic mass is 9.95. The fraction of sp³-hybridized carbons (Fsp3) is 0.480. The van der Waals surface area contributed by atoms with Gasteiger partial charge in [-0.1, -0.05) is 24.3 Å². The molecule has 0 N–H and O–H groups in total. The van der Waals surface area contributed by atoms with Gasteiger partial charge < -0.3 is 9.80 Å². The third-order valence-electron chi connectivity index (χ3n) is 6.68. The van der Waals surface area contributed by atoms with Crippen molar-refractivity contribution in [3.63, 3.8) is 0 Å². The van der Waals surface area contributed by atoms with Gasteiger partial charge in [0, 0.05) is 45.0 Å². The molecule has 2 fully saturated rings. The number of rotatable bonds is 4. The quantitative estimate of drug-likeness (QED) is 0.764. The minimum atomic E-state index is -0.203. The molecule has 4 nitrogen and oxygen atoms in total. The van der Waals surface area contributed by atoms with Crippen molar-refractivity contribution in [1.82, 2.24) is 9.80 Å². The van der Waals surface area contributed by atoms with Crippen molar-refractivity contribution >= 4 is 11.6 Å². The smallest absolute Gasteiger partial charge is 0.227 e. The van der Waals surface area contributed by atoms with E-state index in [4.69, 9.17) is 0 Å². The molecular formula is C25H32FN3O. The molecule has 1 amide bonds. The second kappa shape index (κ2) is 9.17. The Balaban J connectivity index is 1.32. The van der Waals surface area contributed by atoms with Crippen LogP contribution in [0.3, 0.4) is 0 Å². The van der Waals surface area contributed by atoms with Crippen LogP contribution in [0, 0.1) is 25.6 Å². The normalized spacial score (nSPS) is 20.4. The van der Waals surface area contributed by atoms with E-state index in [0.717, 1.165) is 64.2 Å². The van der Waals surface area contributed by atoms with Crippen LogP contribution >= 0.6 is 0 Å². The maximum atomic E-state index is 13.2. The van der Waals surface area contributed by atoms with Gasteiger partial charge in [-0.2, -0.15) is 0 Å². The number of aryl methyl sites for hydroxylation is 1. The maximum absolute atomic E-state index is 13.2. The van der Waals surface area contributed by atoms with E-state index >= 15 is 0 Å². The average Bonchev–Trinajstić information content (AvgIpc) is 2.77. The highest BCUT2D eigenvalue weighted by Gasteiger charge is 2.31. The largest absolute Gasteiger partial charge is 0.368 e. The highest BCUT2D eigenvalue weighted by molar-refractivity contribution is 5.79. The number of hydrogen-bond acceptors (Lipinski definition) is 3. The summed E-state index contributed by atoms with van der Waals surface area (Å²) in [5, 5.41) is 0. The maximum Gasteiger partial charge on any atom is 0.227 e. The van der Waals surface area contributed by atoms with Crippen LogP contribution in [0.4, 0.5) is 10.1 Å². The van der Waals surface area contributed by atoms with E-state index in [0.29, 0.717) is 5.91 Å². The van der Waals surface area contributed by atoms with E-state index < -0.39 is 0 Å². The molecule has 0 aromatic heterocycles. The minimum Gasteiger partial charge on any atom is -0.368 e. The van der Waals surface area contributed by atoms with Crippen molar-refractivity contribution in [1.29, 1.82) is 0 Å². The van der Waals surface area contributed by atoms with Crippen LogP contribution in [-0.2, 0) is 11.3 Å². The summed E-state index contributed by atoms with van der Waals surface area (Å²) in [6.07, 6.45) is 2.01. The molecule has 2 heterocycles. The standard InChI is InChI=1S/C25H32FN3O/c1-19-5-3-7-24(20(19)2)28-13-15-29(16-14-28)25(30)22-6-4-12-27(18-22)17-21-8-10-23(26)11-9-21/h3,5,7-11,22H,4,6,12-18H2,1-2H3. The molecule has 0 radical (unpaired) electrons. The first-order chi connectivity index (χ1) is 14.5. The second-order valence-electron chi connectivity index (χ2n) is 8.73. The predicted molar refractivity (Wildman–Crippen MR) is 119 cm³/mol. The summed E-state index contributed by atoms with van der Waals surface area (Å²) < 4.78 is 13.1. The number of nitrogens with zero attached hydrogens (tertiary/aromatic N) is 3. The molecule has 2 aliphatic heterocycles. The van der Waals surface area contributed by atoms with Gasteiger partial charge in [0.1, 0.15) is 5.82 Å².